The van der Waals surface area contributed by atoms with Gasteiger partial charge in [0.1, 0.15) is 5.75 Å². The molecule has 3 aromatic carbocycles. The van der Waals surface area contributed by atoms with E-state index in [1.165, 1.54) is 15.9 Å². The van der Waals surface area contributed by atoms with Crippen LogP contribution in [-0.2, 0) is 25.2 Å². The third-order valence-corrected chi connectivity index (χ3v) is 14.1. The van der Waals surface area contributed by atoms with Gasteiger partial charge in [-0.15, -0.1) is 0 Å². The molecule has 4 atom stereocenters. The van der Waals surface area contributed by atoms with E-state index >= 15 is 0 Å². The summed E-state index contributed by atoms with van der Waals surface area (Å²) in [6, 6.07) is 29.7. The Hall–Kier alpha value is -2.74. The Morgan fingerprint density at radius 3 is 2.14 bits per heavy atom. The van der Waals surface area contributed by atoms with E-state index in [4.69, 9.17) is 23.4 Å². The highest BCUT2D eigenvalue weighted by atomic mass is 28.4. The number of ether oxygens (including phenoxy) is 4. The summed E-state index contributed by atoms with van der Waals surface area (Å²) in [5.74, 6) is 0.335. The highest BCUT2D eigenvalue weighted by Crippen LogP contribution is 2.41. The van der Waals surface area contributed by atoms with Crippen molar-refractivity contribution in [2.45, 2.75) is 89.9 Å². The van der Waals surface area contributed by atoms with E-state index in [2.05, 4.69) is 101 Å². The lowest BCUT2D eigenvalue weighted by atomic mass is 9.90. The van der Waals surface area contributed by atoms with Crippen molar-refractivity contribution < 1.29 is 23.4 Å². The first kappa shape index (κ1) is 32.6. The molecule has 6 heteroatoms. The van der Waals surface area contributed by atoms with Crippen LogP contribution in [0.25, 0.3) is 0 Å². The second kappa shape index (κ2) is 14.1. The predicted molar refractivity (Wildman–Crippen MR) is 180 cm³/mol. The van der Waals surface area contributed by atoms with Gasteiger partial charge in [-0.3, -0.25) is 0 Å². The minimum Gasteiger partial charge on any atom is -0.497 e. The summed E-state index contributed by atoms with van der Waals surface area (Å²) in [6.07, 6.45) is 5.98. The van der Waals surface area contributed by atoms with Crippen LogP contribution in [0.15, 0.2) is 96.6 Å². The molecular weight excluding hydrogens is 564 g/mol. The van der Waals surface area contributed by atoms with Crippen molar-refractivity contribution in [3.05, 3.63) is 102 Å². The lowest BCUT2D eigenvalue weighted by molar-refractivity contribution is -0.287. The van der Waals surface area contributed by atoms with Crippen LogP contribution in [0.2, 0.25) is 5.04 Å². The second-order valence-corrected chi connectivity index (χ2v) is 17.9. The first-order valence-corrected chi connectivity index (χ1v) is 18.0. The number of methoxy groups -OCH3 is 1. The van der Waals surface area contributed by atoms with Crippen LogP contribution >= 0.6 is 0 Å². The molecule has 0 bridgehead atoms. The fourth-order valence-corrected chi connectivity index (χ4v) is 11.5. The van der Waals surface area contributed by atoms with Crippen LogP contribution in [0.5, 0.6) is 5.75 Å². The molecular formula is C38H50O5Si. The number of benzene rings is 3. The maximum atomic E-state index is 7.29. The summed E-state index contributed by atoms with van der Waals surface area (Å²) < 4.78 is 32.3. The maximum Gasteiger partial charge on any atom is 0.261 e. The van der Waals surface area contributed by atoms with Crippen molar-refractivity contribution in [2.75, 3.05) is 20.3 Å². The molecule has 44 heavy (non-hydrogen) atoms. The molecule has 0 aliphatic carbocycles. The largest absolute Gasteiger partial charge is 0.497 e. The average Bonchev–Trinajstić information content (AvgIpc) is 3.01. The topological polar surface area (TPSA) is 46.2 Å². The fourth-order valence-electron chi connectivity index (χ4n) is 6.84. The van der Waals surface area contributed by atoms with Crippen molar-refractivity contribution in [3.8, 4) is 5.75 Å². The Morgan fingerprint density at radius 2 is 1.55 bits per heavy atom. The molecule has 3 aromatic rings. The molecule has 1 saturated heterocycles. The SMILES string of the molecule is COc1ccc(COC[C@@H]2CCC[C@]3(C=C(C)C[C@@H]([C@H](C)CO[Si](c4ccccc4)(c4ccccc4)C(C)(C)C)O3)O2)cc1. The summed E-state index contributed by atoms with van der Waals surface area (Å²) in [6.45, 7) is 13.2. The Kier molecular flexibility index (Phi) is 10.5. The number of rotatable bonds is 11. The molecule has 0 unspecified atom stereocenters. The first-order chi connectivity index (χ1) is 21.1. The van der Waals surface area contributed by atoms with E-state index in [0.717, 1.165) is 37.0 Å². The van der Waals surface area contributed by atoms with Crippen LogP contribution in [0.4, 0.5) is 0 Å². The van der Waals surface area contributed by atoms with E-state index in [1.54, 1.807) is 7.11 Å². The summed E-state index contributed by atoms with van der Waals surface area (Å²) in [5.41, 5.74) is 2.44. The van der Waals surface area contributed by atoms with Crippen molar-refractivity contribution in [1.82, 2.24) is 0 Å². The van der Waals surface area contributed by atoms with Crippen molar-refractivity contribution in [3.63, 3.8) is 0 Å². The highest BCUT2D eigenvalue weighted by Gasteiger charge is 2.51. The van der Waals surface area contributed by atoms with Crippen molar-refractivity contribution >= 4 is 18.7 Å². The van der Waals surface area contributed by atoms with E-state index in [1.807, 2.05) is 24.3 Å². The summed E-state index contributed by atoms with van der Waals surface area (Å²) >= 11 is 0. The molecule has 2 aliphatic rings. The van der Waals surface area contributed by atoms with Crippen LogP contribution in [0.3, 0.4) is 0 Å². The quantitative estimate of drug-likeness (QED) is 0.166. The Labute approximate surface area is 265 Å². The molecule has 1 spiro atoms. The molecule has 5 nitrogen and oxygen atoms in total. The van der Waals surface area contributed by atoms with Gasteiger partial charge in [-0.1, -0.05) is 106 Å². The predicted octanol–water partition coefficient (Wildman–Crippen LogP) is 7.43. The Balaban J connectivity index is 1.27. The van der Waals surface area contributed by atoms with Crippen LogP contribution < -0.4 is 15.1 Å². The Bertz CT molecular complexity index is 1310. The molecule has 2 aliphatic heterocycles. The molecule has 236 valence electrons. The molecule has 0 aromatic heterocycles. The van der Waals surface area contributed by atoms with E-state index < -0.39 is 14.1 Å². The van der Waals surface area contributed by atoms with Crippen LogP contribution in [0.1, 0.15) is 65.9 Å². The van der Waals surface area contributed by atoms with E-state index in [-0.39, 0.29) is 23.2 Å². The monoisotopic (exact) mass is 614 g/mol. The molecule has 2 heterocycles. The van der Waals surface area contributed by atoms with Gasteiger partial charge < -0.3 is 23.4 Å². The average molecular weight is 615 g/mol. The van der Waals surface area contributed by atoms with Crippen molar-refractivity contribution in [1.29, 1.82) is 0 Å². The molecule has 5 rings (SSSR count). The number of hydrogen-bond acceptors (Lipinski definition) is 5. The van der Waals surface area contributed by atoms with Crippen molar-refractivity contribution in [2.24, 2.45) is 5.92 Å². The molecule has 0 saturated carbocycles. The summed E-state index contributed by atoms with van der Waals surface area (Å²) in [5, 5.41) is 2.54. The minimum atomic E-state index is -2.63. The summed E-state index contributed by atoms with van der Waals surface area (Å²) in [4.78, 5) is 0. The third-order valence-electron chi connectivity index (χ3n) is 9.10. The highest BCUT2D eigenvalue weighted by molar-refractivity contribution is 6.99. The molecule has 0 N–H and O–H groups in total. The van der Waals surface area contributed by atoms with E-state index in [9.17, 15) is 0 Å². The number of hydrogen-bond donors (Lipinski definition) is 0. The standard InChI is InChI=1S/C38H50O5Si/c1-29-24-36(43-38(25-29)23-13-14-33(42-38)28-40-27-31-19-21-32(39-6)22-20-31)30(2)26-41-44(37(3,4)5,34-15-9-7-10-16-34)35-17-11-8-12-18-35/h7-12,15-22,25,30,33,36H,13-14,23-24,26-28H2,1-6H3/t30-,33+,36+,38+/m1/s1. The van der Waals surface area contributed by atoms with Gasteiger partial charge in [0.2, 0.25) is 0 Å². The van der Waals surface area contributed by atoms with Gasteiger partial charge in [-0.25, -0.2) is 0 Å². The lowest BCUT2D eigenvalue weighted by Gasteiger charge is -2.47. The third kappa shape index (κ3) is 7.38. The van der Waals surface area contributed by atoms with E-state index in [0.29, 0.717) is 19.8 Å². The fraction of sp³-hybridized carbons (Fsp3) is 0.474. The summed E-state index contributed by atoms with van der Waals surface area (Å²) in [7, 11) is -0.945. The maximum absolute atomic E-state index is 7.29. The van der Waals surface area contributed by atoms with Gasteiger partial charge in [0.05, 0.1) is 32.5 Å². The van der Waals surface area contributed by atoms with Crippen LogP contribution in [-0.4, -0.2) is 46.6 Å². The molecule has 0 radical (unpaired) electrons. The zero-order valence-electron chi connectivity index (χ0n) is 27.4. The van der Waals surface area contributed by atoms with Crippen LogP contribution in [0, 0.1) is 5.92 Å². The Morgan fingerprint density at radius 1 is 0.909 bits per heavy atom. The zero-order chi connectivity index (χ0) is 31.2. The normalized spacial score (nSPS) is 23.3. The van der Waals surface area contributed by atoms with Gasteiger partial charge in [0, 0.05) is 18.9 Å². The minimum absolute atomic E-state index is 0.00605. The molecule has 0 amide bonds. The van der Waals surface area contributed by atoms with Gasteiger partial charge in [-0.2, -0.15) is 0 Å². The molecule has 1 fully saturated rings. The van der Waals surface area contributed by atoms with Gasteiger partial charge >= 0.3 is 0 Å². The smallest absolute Gasteiger partial charge is 0.261 e. The first-order valence-electron chi connectivity index (χ1n) is 16.1. The lowest BCUT2D eigenvalue weighted by Crippen LogP contribution is -2.67. The zero-order valence-corrected chi connectivity index (χ0v) is 28.4. The second-order valence-electron chi connectivity index (χ2n) is 13.6. The van der Waals surface area contributed by atoms with Gasteiger partial charge in [0.25, 0.3) is 8.32 Å². The van der Waals surface area contributed by atoms with Gasteiger partial charge in [-0.05, 0) is 65.4 Å². The van der Waals surface area contributed by atoms with Gasteiger partial charge in [0.15, 0.2) is 5.79 Å².